The Morgan fingerprint density at radius 3 is 3.20 bits per heavy atom. The van der Waals surface area contributed by atoms with Crippen molar-refractivity contribution >= 4 is 46.5 Å². The number of fused-ring (bicyclic) bond motifs is 1. The summed E-state index contributed by atoms with van der Waals surface area (Å²) < 4.78 is 4.89. The number of guanidine groups is 1. The van der Waals surface area contributed by atoms with Gasteiger partial charge < -0.3 is 10.4 Å². The second-order valence-electron chi connectivity index (χ2n) is 3.09. The molecular weight excluding hydrogens is 254 g/mol. The number of aliphatic hydroxyl groups excluding tert-OH is 1. The molecule has 1 atom stereocenters. The quantitative estimate of drug-likeness (QED) is 0.716. The standard InChI is InChI=1S/C8H10ClN3OS2/c1-4(3-13)10-8-11-5-2-6(9)14-7(5)15-12-8/h2,4,13H,3H2,1H3,(H2,10,11,12)/t4-/m1/s1. The summed E-state index contributed by atoms with van der Waals surface area (Å²) >= 11 is 8.88. The van der Waals surface area contributed by atoms with Crippen molar-refractivity contribution in [3.05, 3.63) is 10.4 Å². The van der Waals surface area contributed by atoms with Crippen LogP contribution in [0.5, 0.6) is 0 Å². The van der Waals surface area contributed by atoms with Gasteiger partial charge in [-0.2, -0.15) is 0 Å². The van der Waals surface area contributed by atoms with Gasteiger partial charge in [0.1, 0.15) is 4.21 Å². The predicted octanol–water partition coefficient (Wildman–Crippen LogP) is 2.16. The van der Waals surface area contributed by atoms with Gasteiger partial charge in [0.05, 0.1) is 22.7 Å². The fraction of sp³-hybridized carbons (Fsp3) is 0.375. The Hall–Kier alpha value is -0.430. The van der Waals surface area contributed by atoms with E-state index in [4.69, 9.17) is 16.7 Å². The highest BCUT2D eigenvalue weighted by molar-refractivity contribution is 8.00. The van der Waals surface area contributed by atoms with Crippen LogP contribution >= 0.6 is 34.9 Å². The highest BCUT2D eigenvalue weighted by Crippen LogP contribution is 2.39. The van der Waals surface area contributed by atoms with Crippen LogP contribution in [0.25, 0.3) is 0 Å². The first kappa shape index (κ1) is 11.1. The Balaban J connectivity index is 2.14. The first-order valence-electron chi connectivity index (χ1n) is 4.37. The van der Waals surface area contributed by atoms with Gasteiger partial charge in [0.2, 0.25) is 5.96 Å². The average molecular weight is 264 g/mol. The summed E-state index contributed by atoms with van der Waals surface area (Å²) in [5.74, 6) is 0.656. The summed E-state index contributed by atoms with van der Waals surface area (Å²) in [5, 5.41) is 12.0. The van der Waals surface area contributed by atoms with Gasteiger partial charge in [-0.25, -0.2) is 4.99 Å². The van der Waals surface area contributed by atoms with Crippen LogP contribution in [0.2, 0.25) is 4.34 Å². The summed E-state index contributed by atoms with van der Waals surface area (Å²) in [7, 11) is 0. The molecule has 82 valence electrons. The number of halogens is 1. The molecule has 7 heteroatoms. The minimum atomic E-state index is -0.115. The molecule has 15 heavy (non-hydrogen) atoms. The van der Waals surface area contributed by atoms with Crippen molar-refractivity contribution in [3.63, 3.8) is 0 Å². The second kappa shape index (κ2) is 4.61. The molecular formula is C8H10ClN3OS2. The zero-order valence-electron chi connectivity index (χ0n) is 7.95. The van der Waals surface area contributed by atoms with Gasteiger partial charge in [-0.15, -0.1) is 11.3 Å². The van der Waals surface area contributed by atoms with Crippen molar-refractivity contribution in [1.82, 2.24) is 4.72 Å². The molecule has 1 aliphatic rings. The van der Waals surface area contributed by atoms with E-state index in [9.17, 15) is 0 Å². The Bertz CT molecular complexity index is 393. The highest BCUT2D eigenvalue weighted by Gasteiger charge is 2.17. The van der Waals surface area contributed by atoms with Gasteiger partial charge in [-0.3, -0.25) is 4.72 Å². The first-order valence-corrected chi connectivity index (χ1v) is 6.38. The number of anilines is 1. The molecule has 0 amide bonds. The monoisotopic (exact) mass is 263 g/mol. The number of thiophene rings is 1. The van der Waals surface area contributed by atoms with Gasteiger partial charge >= 0.3 is 0 Å². The molecule has 0 radical (unpaired) electrons. The fourth-order valence-electron chi connectivity index (χ4n) is 1.08. The Labute approximate surface area is 101 Å². The zero-order chi connectivity index (χ0) is 10.8. The van der Waals surface area contributed by atoms with E-state index in [1.165, 1.54) is 23.3 Å². The molecule has 0 bridgehead atoms. The molecule has 3 N–H and O–H groups in total. The van der Waals surface area contributed by atoms with E-state index in [-0.39, 0.29) is 12.6 Å². The summed E-state index contributed by atoms with van der Waals surface area (Å²) in [4.78, 5) is 4.25. The third-order valence-electron chi connectivity index (χ3n) is 1.78. The lowest BCUT2D eigenvalue weighted by atomic mass is 10.4. The summed E-state index contributed by atoms with van der Waals surface area (Å²) in [6, 6.07) is 1.75. The van der Waals surface area contributed by atoms with E-state index in [0.29, 0.717) is 5.96 Å². The van der Waals surface area contributed by atoms with Gasteiger partial charge in [0, 0.05) is 11.9 Å². The predicted molar refractivity (Wildman–Crippen MR) is 65.9 cm³/mol. The number of rotatable bonds is 2. The lowest BCUT2D eigenvalue weighted by molar-refractivity contribution is 0.274. The van der Waals surface area contributed by atoms with Crippen molar-refractivity contribution in [1.29, 1.82) is 0 Å². The minimum absolute atomic E-state index is 0.0365. The average Bonchev–Trinajstić information content (AvgIpc) is 2.57. The topological polar surface area (TPSA) is 56.7 Å². The molecule has 1 aliphatic heterocycles. The maximum Gasteiger partial charge on any atom is 0.206 e. The maximum absolute atomic E-state index is 8.88. The molecule has 0 spiro atoms. The molecule has 1 aromatic rings. The van der Waals surface area contributed by atoms with E-state index >= 15 is 0 Å². The lowest BCUT2D eigenvalue weighted by Crippen LogP contribution is -2.30. The number of hydrogen-bond donors (Lipinski definition) is 3. The Morgan fingerprint density at radius 2 is 2.47 bits per heavy atom. The first-order chi connectivity index (χ1) is 7.19. The van der Waals surface area contributed by atoms with E-state index < -0.39 is 0 Å². The molecule has 0 fully saturated rings. The Kier molecular flexibility index (Phi) is 3.40. The van der Waals surface area contributed by atoms with Crippen molar-refractivity contribution in [2.45, 2.75) is 17.2 Å². The minimum Gasteiger partial charge on any atom is -0.394 e. The molecule has 1 aromatic heterocycles. The van der Waals surface area contributed by atoms with Crippen LogP contribution in [-0.4, -0.2) is 23.7 Å². The van der Waals surface area contributed by atoms with E-state index in [1.54, 1.807) is 0 Å². The van der Waals surface area contributed by atoms with Crippen LogP contribution < -0.4 is 10.0 Å². The molecule has 4 nitrogen and oxygen atoms in total. The zero-order valence-corrected chi connectivity index (χ0v) is 10.3. The van der Waals surface area contributed by atoms with E-state index in [1.807, 2.05) is 13.0 Å². The lowest BCUT2D eigenvalue weighted by Gasteiger charge is -2.17. The second-order valence-corrected chi connectivity index (χ2v) is 5.85. The molecule has 2 rings (SSSR count). The third kappa shape index (κ3) is 2.57. The summed E-state index contributed by atoms with van der Waals surface area (Å²) in [5.41, 5.74) is 0.970. The number of hydrogen-bond acceptors (Lipinski definition) is 4. The molecule has 0 unspecified atom stereocenters. The van der Waals surface area contributed by atoms with Crippen LogP contribution in [0.4, 0.5) is 5.69 Å². The molecule has 2 heterocycles. The maximum atomic E-state index is 8.88. The molecule has 0 aliphatic carbocycles. The number of nitrogens with zero attached hydrogens (tertiary/aromatic N) is 1. The summed E-state index contributed by atoms with van der Waals surface area (Å²) in [6.45, 7) is 1.88. The van der Waals surface area contributed by atoms with E-state index in [0.717, 1.165) is 14.2 Å². The van der Waals surface area contributed by atoms with Crippen LogP contribution in [-0.2, 0) is 0 Å². The number of aliphatic imine (C=N–C) groups is 1. The van der Waals surface area contributed by atoms with Gasteiger partial charge in [-0.05, 0) is 13.0 Å². The Morgan fingerprint density at radius 1 is 1.67 bits per heavy atom. The third-order valence-corrected chi connectivity index (χ3v) is 4.03. The largest absolute Gasteiger partial charge is 0.394 e. The van der Waals surface area contributed by atoms with Crippen LogP contribution in [0.15, 0.2) is 15.3 Å². The highest BCUT2D eigenvalue weighted by atomic mass is 35.5. The number of aliphatic hydroxyl groups is 1. The fourth-order valence-corrected chi connectivity index (χ4v) is 3.20. The van der Waals surface area contributed by atoms with Crippen LogP contribution in [0.3, 0.4) is 0 Å². The van der Waals surface area contributed by atoms with Gasteiger partial charge in [0.25, 0.3) is 0 Å². The smallest absolute Gasteiger partial charge is 0.206 e. The number of nitrogens with one attached hydrogen (secondary N) is 2. The van der Waals surface area contributed by atoms with E-state index in [2.05, 4.69) is 15.0 Å². The molecule has 0 saturated carbocycles. The van der Waals surface area contributed by atoms with Crippen LogP contribution in [0.1, 0.15) is 6.92 Å². The SMILES string of the molecule is C[C@H](CO)N=C1NSc2sc(Cl)cc2N1. The molecule has 0 aromatic carbocycles. The van der Waals surface area contributed by atoms with Gasteiger partial charge in [0.15, 0.2) is 0 Å². The van der Waals surface area contributed by atoms with Crippen molar-refractivity contribution < 1.29 is 5.11 Å². The van der Waals surface area contributed by atoms with Crippen molar-refractivity contribution in [2.24, 2.45) is 4.99 Å². The molecule has 0 saturated heterocycles. The van der Waals surface area contributed by atoms with Crippen molar-refractivity contribution in [2.75, 3.05) is 11.9 Å². The van der Waals surface area contributed by atoms with Crippen molar-refractivity contribution in [3.8, 4) is 0 Å². The van der Waals surface area contributed by atoms with Crippen LogP contribution in [0, 0.1) is 0 Å². The normalized spacial score (nSPS) is 19.3. The summed E-state index contributed by atoms with van der Waals surface area (Å²) in [6.07, 6.45) is 0. The van der Waals surface area contributed by atoms with Gasteiger partial charge in [-0.1, -0.05) is 11.6 Å².